The molecule has 140 valence electrons. The number of carbonyl (C=O) groups is 1. The number of hydrogen-bond donors (Lipinski definition) is 3. The van der Waals surface area contributed by atoms with Crippen LogP contribution >= 0.6 is 31.9 Å². The van der Waals surface area contributed by atoms with Gasteiger partial charge in [-0.1, -0.05) is 44.0 Å². The lowest BCUT2D eigenvalue weighted by Gasteiger charge is -2.09. The molecule has 0 fully saturated rings. The van der Waals surface area contributed by atoms with Gasteiger partial charge < -0.3 is 20.9 Å². The van der Waals surface area contributed by atoms with Crippen LogP contribution in [-0.2, 0) is 0 Å². The fourth-order valence-corrected chi connectivity index (χ4v) is 3.93. The minimum atomic E-state index is -0.329. The number of nitrogens with zero attached hydrogens (tertiary/aromatic N) is 2. The summed E-state index contributed by atoms with van der Waals surface area (Å²) >= 11 is 6.80. The van der Waals surface area contributed by atoms with Gasteiger partial charge in [-0.2, -0.15) is 0 Å². The van der Waals surface area contributed by atoms with Crippen LogP contribution in [0.1, 0.15) is 19.9 Å². The number of anilines is 3. The molecule has 0 aliphatic heterocycles. The Hall–Kier alpha value is -2.32. The maximum absolute atomic E-state index is 12.3. The van der Waals surface area contributed by atoms with Crippen molar-refractivity contribution in [2.45, 2.75) is 19.9 Å². The van der Waals surface area contributed by atoms with E-state index in [9.17, 15) is 4.79 Å². The standard InChI is InChI=1S/C19H19Br2N5O/c1-11(2)26-10-17(25-18(26)22)12-4-3-5-15(6-12)23-19(27)24-16-8-13(20)7-14(21)9-16/h3-11H,1-2H3,(H2,22,25)(H2,23,24,27). The zero-order valence-electron chi connectivity index (χ0n) is 14.8. The van der Waals surface area contributed by atoms with E-state index < -0.39 is 0 Å². The summed E-state index contributed by atoms with van der Waals surface area (Å²) < 4.78 is 3.65. The third kappa shape index (κ3) is 4.90. The molecule has 0 saturated heterocycles. The van der Waals surface area contributed by atoms with Crippen LogP contribution in [0.25, 0.3) is 11.3 Å². The molecule has 1 heterocycles. The highest BCUT2D eigenvalue weighted by molar-refractivity contribution is 9.11. The Kier molecular flexibility index (Phi) is 5.86. The molecule has 0 saturated carbocycles. The van der Waals surface area contributed by atoms with Gasteiger partial charge in [-0.25, -0.2) is 9.78 Å². The summed E-state index contributed by atoms with van der Waals surface area (Å²) in [5.41, 5.74) is 8.95. The fourth-order valence-electron chi connectivity index (χ4n) is 2.64. The van der Waals surface area contributed by atoms with Crippen molar-refractivity contribution in [2.75, 3.05) is 16.4 Å². The summed E-state index contributed by atoms with van der Waals surface area (Å²) in [6.45, 7) is 4.09. The molecular formula is C19H19Br2N5O. The highest BCUT2D eigenvalue weighted by Gasteiger charge is 2.11. The van der Waals surface area contributed by atoms with E-state index in [0.29, 0.717) is 17.3 Å². The molecule has 0 atom stereocenters. The lowest BCUT2D eigenvalue weighted by atomic mass is 10.1. The number of halogens is 2. The van der Waals surface area contributed by atoms with Crippen molar-refractivity contribution in [3.05, 3.63) is 57.6 Å². The summed E-state index contributed by atoms with van der Waals surface area (Å²) in [5.74, 6) is 0.469. The zero-order valence-corrected chi connectivity index (χ0v) is 18.0. The van der Waals surface area contributed by atoms with Crippen LogP contribution in [0.2, 0.25) is 0 Å². The van der Waals surface area contributed by atoms with E-state index in [2.05, 4.69) is 47.5 Å². The first-order valence-electron chi connectivity index (χ1n) is 8.30. The van der Waals surface area contributed by atoms with Crippen LogP contribution in [0.5, 0.6) is 0 Å². The second-order valence-corrected chi connectivity index (χ2v) is 8.13. The van der Waals surface area contributed by atoms with Crippen LogP contribution in [0.3, 0.4) is 0 Å². The SMILES string of the molecule is CC(C)n1cc(-c2cccc(NC(=O)Nc3cc(Br)cc(Br)c3)c2)nc1N. The number of amides is 2. The van der Waals surface area contributed by atoms with Gasteiger partial charge in [0, 0.05) is 38.1 Å². The Bertz CT molecular complexity index is 964. The van der Waals surface area contributed by atoms with E-state index in [4.69, 9.17) is 5.73 Å². The largest absolute Gasteiger partial charge is 0.369 e. The third-order valence-corrected chi connectivity index (χ3v) is 4.77. The molecule has 0 aliphatic carbocycles. The summed E-state index contributed by atoms with van der Waals surface area (Å²) in [6, 6.07) is 12.9. The minimum Gasteiger partial charge on any atom is -0.369 e. The molecule has 0 radical (unpaired) electrons. The molecule has 3 aromatic rings. The average Bonchev–Trinajstić information content (AvgIpc) is 2.96. The van der Waals surface area contributed by atoms with Gasteiger partial charge in [0.05, 0.1) is 5.69 Å². The normalized spacial score (nSPS) is 10.9. The predicted octanol–water partition coefficient (Wildman–Crippen LogP) is 5.88. The number of benzene rings is 2. The molecule has 27 heavy (non-hydrogen) atoms. The van der Waals surface area contributed by atoms with Crippen molar-refractivity contribution in [1.82, 2.24) is 9.55 Å². The maximum atomic E-state index is 12.3. The second kappa shape index (κ2) is 8.14. The van der Waals surface area contributed by atoms with Gasteiger partial charge in [-0.3, -0.25) is 0 Å². The Morgan fingerprint density at radius 3 is 2.37 bits per heavy atom. The number of aromatic nitrogens is 2. The van der Waals surface area contributed by atoms with Gasteiger partial charge in [0.25, 0.3) is 0 Å². The molecule has 3 rings (SSSR count). The van der Waals surface area contributed by atoms with Crippen LogP contribution in [0, 0.1) is 0 Å². The van der Waals surface area contributed by atoms with Gasteiger partial charge in [0.1, 0.15) is 0 Å². The van der Waals surface area contributed by atoms with Gasteiger partial charge in [0.2, 0.25) is 5.95 Å². The molecule has 2 aromatic carbocycles. The van der Waals surface area contributed by atoms with Gasteiger partial charge >= 0.3 is 6.03 Å². The number of nitrogens with one attached hydrogen (secondary N) is 2. The third-order valence-electron chi connectivity index (χ3n) is 3.85. The topological polar surface area (TPSA) is 85.0 Å². The highest BCUT2D eigenvalue weighted by atomic mass is 79.9. The Morgan fingerprint density at radius 1 is 1.07 bits per heavy atom. The van der Waals surface area contributed by atoms with Gasteiger partial charge in [-0.05, 0) is 44.2 Å². The monoisotopic (exact) mass is 491 g/mol. The zero-order chi connectivity index (χ0) is 19.6. The summed E-state index contributed by atoms with van der Waals surface area (Å²) in [6.07, 6.45) is 1.91. The molecule has 6 nitrogen and oxygen atoms in total. The molecule has 4 N–H and O–H groups in total. The lowest BCUT2D eigenvalue weighted by Crippen LogP contribution is -2.19. The molecule has 8 heteroatoms. The smallest absolute Gasteiger partial charge is 0.323 e. The minimum absolute atomic E-state index is 0.225. The van der Waals surface area contributed by atoms with Gasteiger partial charge in [-0.15, -0.1) is 0 Å². The maximum Gasteiger partial charge on any atom is 0.323 e. The van der Waals surface area contributed by atoms with E-state index in [-0.39, 0.29) is 12.1 Å². The number of nitrogen functional groups attached to an aromatic ring is 1. The second-order valence-electron chi connectivity index (χ2n) is 6.30. The Labute approximate surface area is 174 Å². The first kappa shape index (κ1) is 19.4. The van der Waals surface area contributed by atoms with Crippen molar-refractivity contribution in [2.24, 2.45) is 0 Å². The molecule has 0 aliphatic rings. The van der Waals surface area contributed by atoms with Crippen molar-refractivity contribution < 1.29 is 4.79 Å². The Morgan fingerprint density at radius 2 is 1.74 bits per heavy atom. The fraction of sp³-hybridized carbons (Fsp3) is 0.158. The molecule has 0 spiro atoms. The van der Waals surface area contributed by atoms with Crippen LogP contribution in [-0.4, -0.2) is 15.6 Å². The highest BCUT2D eigenvalue weighted by Crippen LogP contribution is 2.26. The van der Waals surface area contributed by atoms with E-state index in [1.807, 2.05) is 67.1 Å². The van der Waals surface area contributed by atoms with E-state index in [1.54, 1.807) is 0 Å². The molecule has 1 aromatic heterocycles. The first-order chi connectivity index (χ1) is 12.8. The van der Waals surface area contributed by atoms with E-state index in [1.165, 1.54) is 0 Å². The Balaban J connectivity index is 1.75. The number of nitrogens with two attached hydrogens (primary N) is 1. The molecular weight excluding hydrogens is 474 g/mol. The predicted molar refractivity (Wildman–Crippen MR) is 117 cm³/mol. The van der Waals surface area contributed by atoms with Crippen LogP contribution in [0.15, 0.2) is 57.6 Å². The van der Waals surface area contributed by atoms with Crippen LogP contribution < -0.4 is 16.4 Å². The summed E-state index contributed by atoms with van der Waals surface area (Å²) in [7, 11) is 0. The number of carbonyl (C=O) groups excluding carboxylic acids is 1. The van der Waals surface area contributed by atoms with Crippen molar-refractivity contribution in [3.8, 4) is 11.3 Å². The average molecular weight is 493 g/mol. The summed E-state index contributed by atoms with van der Waals surface area (Å²) in [4.78, 5) is 16.7. The van der Waals surface area contributed by atoms with E-state index >= 15 is 0 Å². The van der Waals surface area contributed by atoms with Gasteiger partial charge in [0.15, 0.2) is 0 Å². The number of hydrogen-bond acceptors (Lipinski definition) is 3. The van der Waals surface area contributed by atoms with Crippen molar-refractivity contribution >= 4 is 55.2 Å². The molecule has 0 unspecified atom stereocenters. The summed E-state index contributed by atoms with van der Waals surface area (Å²) in [5, 5.41) is 5.65. The number of urea groups is 1. The quantitative estimate of drug-likeness (QED) is 0.425. The van der Waals surface area contributed by atoms with Crippen molar-refractivity contribution in [1.29, 1.82) is 0 Å². The van der Waals surface area contributed by atoms with Crippen LogP contribution in [0.4, 0.5) is 22.1 Å². The lowest BCUT2D eigenvalue weighted by molar-refractivity contribution is 0.262. The first-order valence-corrected chi connectivity index (χ1v) is 9.89. The van der Waals surface area contributed by atoms with E-state index in [0.717, 1.165) is 20.2 Å². The van der Waals surface area contributed by atoms with Crippen molar-refractivity contribution in [3.63, 3.8) is 0 Å². The molecule has 2 amide bonds. The molecule has 0 bridgehead atoms. The number of imidazole rings is 1. The number of rotatable bonds is 4.